The second-order valence-electron chi connectivity index (χ2n) is 8.02. The minimum Gasteiger partial charge on any atom is -0.437 e. The van der Waals surface area contributed by atoms with Crippen molar-refractivity contribution < 1.29 is 14.3 Å². The standard InChI is InChI=1S/C21H23N7O3/c1-13-15(31-17-7-9-22-18(26-17)14-11-23-27(4)12-14)5-6-16(24-13)25-20(30)28-10-8-21(2,3)19(28)29/h5-7,9,11-12H,8,10H2,1-4H3,(H,24,25,30). The molecule has 3 aromatic heterocycles. The molecule has 0 saturated carbocycles. The third-order valence-corrected chi connectivity index (χ3v) is 5.11. The number of hydrogen-bond acceptors (Lipinski definition) is 7. The van der Waals surface area contributed by atoms with E-state index in [4.69, 9.17) is 4.74 Å². The molecule has 0 unspecified atom stereocenters. The fourth-order valence-corrected chi connectivity index (χ4v) is 3.25. The summed E-state index contributed by atoms with van der Waals surface area (Å²) >= 11 is 0. The van der Waals surface area contributed by atoms with Crippen LogP contribution in [0.4, 0.5) is 10.6 Å². The van der Waals surface area contributed by atoms with Crippen LogP contribution in [-0.4, -0.2) is 48.1 Å². The van der Waals surface area contributed by atoms with E-state index >= 15 is 0 Å². The summed E-state index contributed by atoms with van der Waals surface area (Å²) in [7, 11) is 1.82. The van der Waals surface area contributed by atoms with Gasteiger partial charge in [0, 0.05) is 37.5 Å². The number of carbonyl (C=O) groups is 2. The molecule has 0 aromatic carbocycles. The molecule has 3 amide bonds. The number of rotatable bonds is 4. The lowest BCUT2D eigenvalue weighted by atomic mass is 9.92. The van der Waals surface area contributed by atoms with Gasteiger partial charge in [0.25, 0.3) is 0 Å². The van der Waals surface area contributed by atoms with Crippen LogP contribution in [0.15, 0.2) is 36.8 Å². The lowest BCUT2D eigenvalue weighted by Crippen LogP contribution is -2.39. The molecule has 1 saturated heterocycles. The first-order valence-corrected chi connectivity index (χ1v) is 9.83. The molecule has 4 rings (SSSR count). The van der Waals surface area contributed by atoms with Crippen LogP contribution in [-0.2, 0) is 11.8 Å². The molecule has 0 aliphatic carbocycles. The zero-order valence-electron chi connectivity index (χ0n) is 17.8. The number of likely N-dealkylation sites (tertiary alicyclic amines) is 1. The Bertz CT molecular complexity index is 1160. The van der Waals surface area contributed by atoms with Crippen molar-refractivity contribution in [3.05, 3.63) is 42.5 Å². The van der Waals surface area contributed by atoms with E-state index in [9.17, 15) is 9.59 Å². The quantitative estimate of drug-likeness (QED) is 0.688. The maximum absolute atomic E-state index is 12.5. The number of pyridine rings is 1. The number of nitrogens with zero attached hydrogens (tertiary/aromatic N) is 6. The molecule has 0 spiro atoms. The summed E-state index contributed by atoms with van der Waals surface area (Å²) < 4.78 is 7.53. The summed E-state index contributed by atoms with van der Waals surface area (Å²) in [6.45, 7) is 5.83. The summed E-state index contributed by atoms with van der Waals surface area (Å²) in [6, 6.07) is 4.48. The van der Waals surface area contributed by atoms with Gasteiger partial charge in [0.2, 0.25) is 11.8 Å². The van der Waals surface area contributed by atoms with Gasteiger partial charge in [-0.3, -0.25) is 19.7 Å². The van der Waals surface area contributed by atoms with Gasteiger partial charge in [-0.25, -0.2) is 14.8 Å². The third kappa shape index (κ3) is 4.23. The first-order chi connectivity index (χ1) is 14.7. The van der Waals surface area contributed by atoms with Crippen molar-refractivity contribution in [3.8, 4) is 23.0 Å². The Labute approximate surface area is 179 Å². The Morgan fingerprint density at radius 3 is 2.68 bits per heavy atom. The summed E-state index contributed by atoms with van der Waals surface area (Å²) in [5.41, 5.74) is 0.817. The number of urea groups is 1. The summed E-state index contributed by atoms with van der Waals surface area (Å²) in [5.74, 6) is 1.51. The van der Waals surface area contributed by atoms with Gasteiger partial charge in [0.15, 0.2) is 11.6 Å². The molecule has 31 heavy (non-hydrogen) atoms. The highest BCUT2D eigenvalue weighted by atomic mass is 16.5. The van der Waals surface area contributed by atoms with Crippen molar-refractivity contribution in [2.24, 2.45) is 12.5 Å². The summed E-state index contributed by atoms with van der Waals surface area (Å²) in [4.78, 5) is 39.1. The van der Waals surface area contributed by atoms with Crippen molar-refractivity contribution in [1.29, 1.82) is 0 Å². The molecule has 10 nitrogen and oxygen atoms in total. The molecule has 160 valence electrons. The molecule has 0 atom stereocenters. The second-order valence-corrected chi connectivity index (χ2v) is 8.02. The van der Waals surface area contributed by atoms with Gasteiger partial charge in [-0.2, -0.15) is 10.1 Å². The normalized spacial score (nSPS) is 15.2. The zero-order chi connectivity index (χ0) is 22.2. The molecule has 10 heteroatoms. The lowest BCUT2D eigenvalue weighted by Gasteiger charge is -2.18. The number of amides is 3. The van der Waals surface area contributed by atoms with Gasteiger partial charge < -0.3 is 4.74 Å². The average Bonchev–Trinajstić information content (AvgIpc) is 3.27. The molecule has 1 aliphatic heterocycles. The van der Waals surface area contributed by atoms with E-state index in [1.54, 1.807) is 42.2 Å². The Hall–Kier alpha value is -3.82. The fraction of sp³-hybridized carbons (Fsp3) is 0.333. The fourth-order valence-electron chi connectivity index (χ4n) is 3.25. The van der Waals surface area contributed by atoms with E-state index in [-0.39, 0.29) is 5.91 Å². The van der Waals surface area contributed by atoms with E-state index in [0.717, 1.165) is 5.56 Å². The Morgan fingerprint density at radius 2 is 2.03 bits per heavy atom. The largest absolute Gasteiger partial charge is 0.437 e. The van der Waals surface area contributed by atoms with Crippen LogP contribution in [0.25, 0.3) is 11.4 Å². The number of anilines is 1. The van der Waals surface area contributed by atoms with E-state index in [0.29, 0.717) is 41.9 Å². The lowest BCUT2D eigenvalue weighted by molar-refractivity contribution is -0.131. The van der Waals surface area contributed by atoms with Crippen molar-refractivity contribution in [2.45, 2.75) is 27.2 Å². The molecule has 1 fully saturated rings. The van der Waals surface area contributed by atoms with Crippen molar-refractivity contribution in [2.75, 3.05) is 11.9 Å². The Morgan fingerprint density at radius 1 is 1.23 bits per heavy atom. The van der Waals surface area contributed by atoms with Crippen LogP contribution >= 0.6 is 0 Å². The van der Waals surface area contributed by atoms with Crippen molar-refractivity contribution in [3.63, 3.8) is 0 Å². The third-order valence-electron chi connectivity index (χ3n) is 5.11. The molecule has 4 heterocycles. The highest BCUT2D eigenvalue weighted by Crippen LogP contribution is 2.31. The number of carbonyl (C=O) groups excluding carboxylic acids is 2. The number of aryl methyl sites for hydroxylation is 2. The van der Waals surface area contributed by atoms with E-state index < -0.39 is 11.4 Å². The van der Waals surface area contributed by atoms with Crippen LogP contribution in [0.1, 0.15) is 26.0 Å². The molecule has 3 aromatic rings. The minimum absolute atomic E-state index is 0.185. The molecule has 0 radical (unpaired) electrons. The van der Waals surface area contributed by atoms with Crippen LogP contribution in [0.3, 0.4) is 0 Å². The Kier molecular flexibility index (Phi) is 5.14. The molecule has 0 bridgehead atoms. The van der Waals surface area contributed by atoms with Gasteiger partial charge in [-0.15, -0.1) is 0 Å². The van der Waals surface area contributed by atoms with Gasteiger partial charge in [0.1, 0.15) is 5.82 Å². The monoisotopic (exact) mass is 421 g/mol. The first-order valence-electron chi connectivity index (χ1n) is 9.83. The highest BCUT2D eigenvalue weighted by Gasteiger charge is 2.41. The molecular weight excluding hydrogens is 398 g/mol. The SMILES string of the molecule is Cc1nc(NC(=O)N2CCC(C)(C)C2=O)ccc1Oc1ccnc(-c2cnn(C)c2)n1. The first kappa shape index (κ1) is 20.5. The molecule has 1 N–H and O–H groups in total. The smallest absolute Gasteiger partial charge is 0.329 e. The number of ether oxygens (including phenoxy) is 1. The summed E-state index contributed by atoms with van der Waals surface area (Å²) in [6.07, 6.45) is 5.74. The van der Waals surface area contributed by atoms with Crippen LogP contribution in [0.2, 0.25) is 0 Å². The average molecular weight is 421 g/mol. The zero-order valence-corrected chi connectivity index (χ0v) is 17.8. The highest BCUT2D eigenvalue weighted by molar-refractivity contribution is 6.03. The number of imide groups is 1. The van der Waals surface area contributed by atoms with Gasteiger partial charge >= 0.3 is 6.03 Å². The maximum atomic E-state index is 12.5. The van der Waals surface area contributed by atoms with Gasteiger partial charge in [0.05, 0.1) is 17.5 Å². The van der Waals surface area contributed by atoms with Crippen molar-refractivity contribution >= 4 is 17.8 Å². The van der Waals surface area contributed by atoms with Gasteiger partial charge in [-0.05, 0) is 25.5 Å². The van der Waals surface area contributed by atoms with Crippen molar-refractivity contribution in [1.82, 2.24) is 29.6 Å². The Balaban J connectivity index is 1.46. The molecule has 1 aliphatic rings. The maximum Gasteiger partial charge on any atom is 0.329 e. The second kappa shape index (κ2) is 7.78. The van der Waals surface area contributed by atoms with E-state index in [1.807, 2.05) is 27.1 Å². The number of nitrogens with one attached hydrogen (secondary N) is 1. The predicted molar refractivity (Wildman–Crippen MR) is 112 cm³/mol. The number of hydrogen-bond donors (Lipinski definition) is 1. The van der Waals surface area contributed by atoms with E-state index in [2.05, 4.69) is 25.4 Å². The van der Waals surface area contributed by atoms with Crippen LogP contribution in [0.5, 0.6) is 11.6 Å². The topological polar surface area (TPSA) is 115 Å². The molecular formula is C21H23N7O3. The summed E-state index contributed by atoms with van der Waals surface area (Å²) in [5, 5.41) is 6.80. The number of aromatic nitrogens is 5. The van der Waals surface area contributed by atoms with Crippen LogP contribution in [0, 0.1) is 12.3 Å². The minimum atomic E-state index is -0.523. The van der Waals surface area contributed by atoms with Gasteiger partial charge in [-0.1, -0.05) is 13.8 Å². The predicted octanol–water partition coefficient (Wildman–Crippen LogP) is 3.16. The van der Waals surface area contributed by atoms with E-state index in [1.165, 1.54) is 4.90 Å². The van der Waals surface area contributed by atoms with Crippen LogP contribution < -0.4 is 10.1 Å².